The molecule has 0 saturated heterocycles. The molecule has 1 heterocycles. The molecule has 4 nitrogen and oxygen atoms in total. The first-order valence-corrected chi connectivity index (χ1v) is 12.1. The molecule has 0 saturated carbocycles. The van der Waals surface area contributed by atoms with E-state index >= 15 is 0 Å². The van der Waals surface area contributed by atoms with Gasteiger partial charge in [-0.1, -0.05) is 36.4 Å². The molecule has 0 unspecified atom stereocenters. The van der Waals surface area contributed by atoms with Gasteiger partial charge in [0.25, 0.3) is 0 Å². The van der Waals surface area contributed by atoms with Crippen LogP contribution in [0.1, 0.15) is 64.9 Å². The largest absolute Gasteiger partial charge is 0.433 e. The Balaban J connectivity index is 1.61. The lowest BCUT2D eigenvalue weighted by molar-refractivity contribution is -0.141. The number of nitrogens with one attached hydrogen (secondary N) is 2. The summed E-state index contributed by atoms with van der Waals surface area (Å²) in [7, 11) is 1.54. The molecule has 0 radical (unpaired) electrons. The fourth-order valence-corrected chi connectivity index (χ4v) is 4.69. The molecular formula is C28H29F4N3O. The van der Waals surface area contributed by atoms with Crippen molar-refractivity contribution in [3.05, 3.63) is 100 Å². The van der Waals surface area contributed by atoms with E-state index in [2.05, 4.69) is 33.8 Å². The average Bonchev–Trinajstić information content (AvgIpc) is 2.88. The lowest BCUT2D eigenvalue weighted by Crippen LogP contribution is -2.38. The van der Waals surface area contributed by atoms with Crippen molar-refractivity contribution in [2.24, 2.45) is 0 Å². The number of amides is 1. The Labute approximate surface area is 208 Å². The first-order chi connectivity index (χ1) is 17.2. The summed E-state index contributed by atoms with van der Waals surface area (Å²) in [6.45, 7) is 0. The van der Waals surface area contributed by atoms with Gasteiger partial charge in [-0.25, -0.2) is 4.39 Å². The zero-order valence-corrected chi connectivity index (χ0v) is 20.0. The smallest absolute Gasteiger partial charge is 0.358 e. The van der Waals surface area contributed by atoms with Crippen molar-refractivity contribution >= 4 is 5.91 Å². The summed E-state index contributed by atoms with van der Waals surface area (Å²) in [5.74, 6) is -0.656. The van der Waals surface area contributed by atoms with Crippen molar-refractivity contribution in [2.75, 3.05) is 7.05 Å². The van der Waals surface area contributed by atoms with E-state index in [0.717, 1.165) is 37.3 Å². The van der Waals surface area contributed by atoms with Crippen LogP contribution in [0.25, 0.3) is 0 Å². The third-order valence-electron chi connectivity index (χ3n) is 6.69. The highest BCUT2D eigenvalue weighted by Crippen LogP contribution is 2.30. The van der Waals surface area contributed by atoms with Crippen molar-refractivity contribution in [1.82, 2.24) is 15.6 Å². The molecule has 8 heteroatoms. The Bertz CT molecular complexity index is 1180. The molecule has 0 aliphatic heterocycles. The van der Waals surface area contributed by atoms with E-state index in [0.29, 0.717) is 24.0 Å². The topological polar surface area (TPSA) is 54.0 Å². The van der Waals surface area contributed by atoms with Gasteiger partial charge in [0.15, 0.2) is 0 Å². The Hall–Kier alpha value is -3.26. The van der Waals surface area contributed by atoms with E-state index in [1.54, 1.807) is 19.2 Å². The SMILES string of the molecule is CNC(=O)[C@@H](N[C@@H](CCc1ccc(C(F)(F)F)nc1)c1ccc2c(c1)CCCC2)c1ccc(F)cc1. The number of alkyl halides is 3. The molecule has 2 N–H and O–H groups in total. The number of carbonyl (C=O) groups is 1. The average molecular weight is 500 g/mol. The summed E-state index contributed by atoms with van der Waals surface area (Å²) in [4.78, 5) is 16.4. The van der Waals surface area contributed by atoms with Crippen LogP contribution in [0.5, 0.6) is 0 Å². The first kappa shape index (κ1) is 25.8. The van der Waals surface area contributed by atoms with Crippen LogP contribution in [-0.4, -0.2) is 17.9 Å². The van der Waals surface area contributed by atoms with Gasteiger partial charge in [-0.3, -0.25) is 15.1 Å². The van der Waals surface area contributed by atoms with Gasteiger partial charge in [0.05, 0.1) is 0 Å². The molecule has 1 amide bonds. The van der Waals surface area contributed by atoms with Crippen molar-refractivity contribution < 1.29 is 22.4 Å². The second-order valence-electron chi connectivity index (χ2n) is 9.14. The van der Waals surface area contributed by atoms with Gasteiger partial charge in [-0.15, -0.1) is 0 Å². The van der Waals surface area contributed by atoms with E-state index in [9.17, 15) is 22.4 Å². The van der Waals surface area contributed by atoms with Crippen LogP contribution in [0.4, 0.5) is 17.6 Å². The number of carbonyl (C=O) groups excluding carboxylic acids is 1. The Morgan fingerprint density at radius 3 is 2.31 bits per heavy atom. The number of hydrogen-bond acceptors (Lipinski definition) is 3. The van der Waals surface area contributed by atoms with Gasteiger partial charge in [0.1, 0.15) is 17.6 Å². The summed E-state index contributed by atoms with van der Waals surface area (Å²) >= 11 is 0. The molecule has 1 aliphatic carbocycles. The standard InChI is InChI=1S/C28H29F4N3O/c1-33-27(36)26(20-10-12-23(29)13-11-20)35-24(22-9-8-19-4-2-3-5-21(19)16-22)14-6-18-7-15-25(34-17-18)28(30,31)32/h7-13,15-17,24,26,35H,2-6,14H2,1H3,(H,33,36)/t24-,26-/m0/s1. The number of nitrogens with zero attached hydrogens (tertiary/aromatic N) is 1. The van der Waals surface area contributed by atoms with Crippen LogP contribution in [0.3, 0.4) is 0 Å². The Kier molecular flexibility index (Phi) is 8.04. The number of fused-ring (bicyclic) bond motifs is 1. The molecule has 2 aromatic carbocycles. The van der Waals surface area contributed by atoms with E-state index in [1.165, 1.54) is 35.5 Å². The maximum absolute atomic E-state index is 13.5. The molecular weight excluding hydrogens is 470 g/mol. The monoisotopic (exact) mass is 499 g/mol. The van der Waals surface area contributed by atoms with Crippen molar-refractivity contribution in [3.8, 4) is 0 Å². The third-order valence-corrected chi connectivity index (χ3v) is 6.69. The lowest BCUT2D eigenvalue weighted by Gasteiger charge is -2.27. The number of aromatic nitrogens is 1. The first-order valence-electron chi connectivity index (χ1n) is 12.1. The highest BCUT2D eigenvalue weighted by atomic mass is 19.4. The van der Waals surface area contributed by atoms with Gasteiger partial charge in [0, 0.05) is 19.3 Å². The van der Waals surface area contributed by atoms with Crippen LogP contribution < -0.4 is 10.6 Å². The lowest BCUT2D eigenvalue weighted by atomic mass is 9.88. The second kappa shape index (κ2) is 11.2. The van der Waals surface area contributed by atoms with E-state index in [1.807, 2.05) is 0 Å². The molecule has 1 aromatic heterocycles. The van der Waals surface area contributed by atoms with Crippen LogP contribution in [0.15, 0.2) is 60.8 Å². The molecule has 4 rings (SSSR count). The van der Waals surface area contributed by atoms with Gasteiger partial charge < -0.3 is 5.32 Å². The number of benzene rings is 2. The fraction of sp³-hybridized carbons (Fsp3) is 0.357. The maximum Gasteiger partial charge on any atom is 0.433 e. The van der Waals surface area contributed by atoms with E-state index in [4.69, 9.17) is 0 Å². The minimum absolute atomic E-state index is 0.263. The predicted octanol–water partition coefficient (Wildman–Crippen LogP) is 5.87. The zero-order valence-electron chi connectivity index (χ0n) is 20.0. The number of aryl methyl sites for hydroxylation is 3. The normalized spacial score (nSPS) is 15.1. The zero-order chi connectivity index (χ0) is 25.7. The van der Waals surface area contributed by atoms with Crippen molar-refractivity contribution in [2.45, 2.75) is 56.8 Å². The third kappa shape index (κ3) is 6.29. The van der Waals surface area contributed by atoms with Gasteiger partial charge in [0.2, 0.25) is 5.91 Å². The number of likely N-dealkylation sites (N-methyl/N-ethyl adjacent to an activating group) is 1. The summed E-state index contributed by atoms with van der Waals surface area (Å²) in [5.41, 5.74) is 4.00. The van der Waals surface area contributed by atoms with Crippen LogP contribution in [0.2, 0.25) is 0 Å². The summed E-state index contributed by atoms with van der Waals surface area (Å²) in [5, 5.41) is 6.10. The number of rotatable bonds is 8. The summed E-state index contributed by atoms with van der Waals surface area (Å²) < 4.78 is 52.2. The van der Waals surface area contributed by atoms with Crippen molar-refractivity contribution in [1.29, 1.82) is 0 Å². The molecule has 3 aromatic rings. The van der Waals surface area contributed by atoms with Crippen LogP contribution >= 0.6 is 0 Å². The molecule has 0 spiro atoms. The Morgan fingerprint density at radius 1 is 0.972 bits per heavy atom. The molecule has 0 bridgehead atoms. The molecule has 36 heavy (non-hydrogen) atoms. The summed E-state index contributed by atoms with van der Waals surface area (Å²) in [6.07, 6.45) is 2.09. The van der Waals surface area contributed by atoms with Gasteiger partial charge in [-0.2, -0.15) is 13.2 Å². The van der Waals surface area contributed by atoms with Crippen molar-refractivity contribution in [3.63, 3.8) is 0 Å². The maximum atomic E-state index is 13.5. The summed E-state index contributed by atoms with van der Waals surface area (Å²) in [6, 6.07) is 13.6. The number of halogens is 4. The molecule has 2 atom stereocenters. The Morgan fingerprint density at radius 2 is 1.67 bits per heavy atom. The van der Waals surface area contributed by atoms with E-state index < -0.39 is 23.7 Å². The van der Waals surface area contributed by atoms with Crippen LogP contribution in [-0.2, 0) is 30.2 Å². The quantitative estimate of drug-likeness (QED) is 0.381. The highest BCUT2D eigenvalue weighted by Gasteiger charge is 2.32. The predicted molar refractivity (Wildman–Crippen MR) is 130 cm³/mol. The minimum atomic E-state index is -4.48. The van der Waals surface area contributed by atoms with Gasteiger partial charge >= 0.3 is 6.18 Å². The van der Waals surface area contributed by atoms with E-state index in [-0.39, 0.29) is 11.9 Å². The van der Waals surface area contributed by atoms with Crippen LogP contribution in [0, 0.1) is 5.82 Å². The fourth-order valence-electron chi connectivity index (χ4n) is 4.69. The molecule has 1 aliphatic rings. The van der Waals surface area contributed by atoms with Gasteiger partial charge in [-0.05, 0) is 84.5 Å². The molecule has 0 fully saturated rings. The highest BCUT2D eigenvalue weighted by molar-refractivity contribution is 5.83. The molecule has 190 valence electrons. The minimum Gasteiger partial charge on any atom is -0.358 e. The second-order valence-corrected chi connectivity index (χ2v) is 9.14. The number of pyridine rings is 1. The number of hydrogen-bond donors (Lipinski definition) is 2.